The summed E-state index contributed by atoms with van der Waals surface area (Å²) in [6.07, 6.45) is 2.40. The molecule has 0 spiro atoms. The van der Waals surface area contributed by atoms with Gasteiger partial charge >= 0.3 is 0 Å². The number of hydrogen-bond donors (Lipinski definition) is 0. The van der Waals surface area contributed by atoms with Crippen molar-refractivity contribution in [3.05, 3.63) is 148 Å². The summed E-state index contributed by atoms with van der Waals surface area (Å²) >= 11 is 2.04. The second-order valence-corrected chi connectivity index (χ2v) is 24.1. The van der Waals surface area contributed by atoms with E-state index in [9.17, 15) is 0 Å². The highest BCUT2D eigenvalue weighted by molar-refractivity contribution is 7.33. The number of thiophene rings is 1. The molecule has 0 saturated carbocycles. The van der Waals surface area contributed by atoms with Crippen LogP contribution in [-0.2, 0) is 27.1 Å². The van der Waals surface area contributed by atoms with E-state index in [0.29, 0.717) is 0 Å². The highest BCUT2D eigenvalue weighted by Gasteiger charge is 2.48. The summed E-state index contributed by atoms with van der Waals surface area (Å²) in [7, 11) is 0. The van der Waals surface area contributed by atoms with Crippen LogP contribution >= 0.6 is 11.3 Å². The quantitative estimate of drug-likeness (QED) is 0.160. The van der Waals surface area contributed by atoms with Gasteiger partial charge in [0.15, 0.2) is 0 Å². The molecule has 2 aliphatic carbocycles. The average molecular weight is 829 g/mol. The van der Waals surface area contributed by atoms with Crippen molar-refractivity contribution in [2.75, 3.05) is 9.80 Å². The lowest BCUT2D eigenvalue weighted by Crippen LogP contribution is -2.60. The fourth-order valence-electron chi connectivity index (χ4n) is 11.7. The Kier molecular flexibility index (Phi) is 8.20. The molecule has 2 nitrogen and oxygen atoms in total. The Bertz CT molecular complexity index is 3040. The van der Waals surface area contributed by atoms with E-state index in [4.69, 9.17) is 0 Å². The molecule has 11 rings (SSSR count). The molecule has 3 heterocycles. The molecule has 0 atom stereocenters. The van der Waals surface area contributed by atoms with Crippen LogP contribution in [0.4, 0.5) is 34.1 Å². The summed E-state index contributed by atoms with van der Waals surface area (Å²) in [6, 6.07) is 43.4. The molecule has 0 amide bonds. The van der Waals surface area contributed by atoms with Crippen molar-refractivity contribution in [2.24, 2.45) is 0 Å². The second-order valence-electron chi connectivity index (χ2n) is 23.0. The molecule has 0 N–H and O–H groups in total. The van der Waals surface area contributed by atoms with Crippen LogP contribution in [0.2, 0.25) is 0 Å². The van der Waals surface area contributed by atoms with Gasteiger partial charge in [-0.05, 0) is 140 Å². The van der Waals surface area contributed by atoms with E-state index in [1.54, 1.807) is 0 Å². The lowest BCUT2D eigenvalue weighted by molar-refractivity contribution is 0.332. The van der Waals surface area contributed by atoms with E-state index in [1.807, 2.05) is 11.3 Å². The van der Waals surface area contributed by atoms with E-state index in [0.717, 1.165) is 0 Å². The van der Waals surface area contributed by atoms with Gasteiger partial charge in [-0.2, -0.15) is 0 Å². The highest BCUT2D eigenvalue weighted by Crippen LogP contribution is 2.57. The molecule has 0 unspecified atom stereocenters. The lowest BCUT2D eigenvalue weighted by Gasteiger charge is -2.45. The molecular formula is C58H61BN2S. The van der Waals surface area contributed by atoms with Gasteiger partial charge in [0.1, 0.15) is 0 Å². The van der Waals surface area contributed by atoms with E-state index >= 15 is 0 Å². The predicted octanol–water partition coefficient (Wildman–Crippen LogP) is 14.5. The van der Waals surface area contributed by atoms with E-state index in [2.05, 4.69) is 209 Å². The maximum Gasteiger partial charge on any atom is 0.264 e. The molecular weight excluding hydrogens is 768 g/mol. The van der Waals surface area contributed by atoms with Crippen molar-refractivity contribution >= 4 is 78.0 Å². The monoisotopic (exact) mass is 828 g/mol. The summed E-state index contributed by atoms with van der Waals surface area (Å²) in [5, 5.41) is 1.39. The molecule has 6 aromatic carbocycles. The number of anilines is 6. The van der Waals surface area contributed by atoms with Gasteiger partial charge < -0.3 is 9.80 Å². The highest BCUT2D eigenvalue weighted by atomic mass is 32.1. The molecule has 2 aliphatic heterocycles. The molecule has 62 heavy (non-hydrogen) atoms. The standard InChI is InChI=1S/C58H61BN2S/c1-34-21-26-45-44(29-34)59-51-47(30-36(55(5,6)7)31-48(51)61(45)46-20-16-19-41-50(46)38-17-14-15-18-40(38)58(41,12)13)60(37-24-22-35(23-25-37)54(2,3)4)52-39-32-42-43(33-49(39)62-53(52)59)57(10,11)28-27-56(42,8)9/h14-26,29-33H,27-28H2,1-13H3. The zero-order chi connectivity index (χ0) is 43.6. The molecule has 0 radical (unpaired) electrons. The Morgan fingerprint density at radius 3 is 1.87 bits per heavy atom. The van der Waals surface area contributed by atoms with Crippen LogP contribution in [0.3, 0.4) is 0 Å². The van der Waals surface area contributed by atoms with E-state index in [1.165, 1.54) is 123 Å². The number of benzene rings is 6. The third-order valence-electron chi connectivity index (χ3n) is 15.5. The van der Waals surface area contributed by atoms with Crippen LogP contribution in [0.5, 0.6) is 0 Å². The predicted molar refractivity (Wildman–Crippen MR) is 271 cm³/mol. The van der Waals surface area contributed by atoms with Gasteiger partial charge in [-0.25, -0.2) is 0 Å². The van der Waals surface area contributed by atoms with Crippen molar-refractivity contribution in [3.63, 3.8) is 0 Å². The Morgan fingerprint density at radius 1 is 0.565 bits per heavy atom. The van der Waals surface area contributed by atoms with Gasteiger partial charge in [-0.1, -0.05) is 149 Å². The minimum Gasteiger partial charge on any atom is -0.311 e. The minimum atomic E-state index is -0.104. The van der Waals surface area contributed by atoms with E-state index < -0.39 is 0 Å². The molecule has 1 aromatic heterocycles. The van der Waals surface area contributed by atoms with Crippen molar-refractivity contribution < 1.29 is 0 Å². The molecule has 4 heteroatoms. The molecule has 0 bridgehead atoms. The Balaban J connectivity index is 1.28. The molecule has 0 fully saturated rings. The fourth-order valence-corrected chi connectivity index (χ4v) is 13.0. The van der Waals surface area contributed by atoms with Gasteiger partial charge in [-0.15, -0.1) is 11.3 Å². The summed E-state index contributed by atoms with van der Waals surface area (Å²) in [5.74, 6) is 0. The van der Waals surface area contributed by atoms with Gasteiger partial charge in [0.2, 0.25) is 0 Å². The Hall–Kier alpha value is -5.06. The van der Waals surface area contributed by atoms with Gasteiger partial charge in [0.05, 0.1) is 11.4 Å². The molecule has 0 saturated heterocycles. The first kappa shape index (κ1) is 39.8. The molecule has 7 aromatic rings. The SMILES string of the molecule is Cc1ccc2c(c1)B1c3sc4cc5c(cc4c3N(c3ccc(C(C)(C)C)cc3)c3cc(C(C)(C)C)cc(c31)N2c1cccc2c1-c1ccccc1C2(C)C)C(C)(C)CCC5(C)C. The van der Waals surface area contributed by atoms with Crippen LogP contribution in [0.15, 0.2) is 109 Å². The first-order valence-corrected chi connectivity index (χ1v) is 23.8. The lowest BCUT2D eigenvalue weighted by atomic mass is 9.36. The second kappa shape index (κ2) is 12.8. The maximum absolute atomic E-state index is 2.69. The summed E-state index contributed by atoms with van der Waals surface area (Å²) < 4.78 is 2.85. The number of fused-ring (bicyclic) bond motifs is 10. The van der Waals surface area contributed by atoms with Crippen LogP contribution in [0.25, 0.3) is 21.2 Å². The third kappa shape index (κ3) is 5.54. The van der Waals surface area contributed by atoms with Crippen LogP contribution in [0.1, 0.15) is 135 Å². The molecule has 4 aliphatic rings. The topological polar surface area (TPSA) is 6.48 Å². The Morgan fingerprint density at radius 2 is 1.19 bits per heavy atom. The number of rotatable bonds is 2. The average Bonchev–Trinajstić information content (AvgIpc) is 3.70. The zero-order valence-corrected chi connectivity index (χ0v) is 40.0. The summed E-state index contributed by atoms with van der Waals surface area (Å²) in [4.78, 5) is 5.35. The van der Waals surface area contributed by atoms with Gasteiger partial charge in [0.25, 0.3) is 6.71 Å². The van der Waals surface area contributed by atoms with Crippen molar-refractivity contribution in [2.45, 2.75) is 130 Å². The first-order valence-electron chi connectivity index (χ1n) is 23.0. The number of nitrogens with zero attached hydrogens (tertiary/aromatic N) is 2. The largest absolute Gasteiger partial charge is 0.311 e. The van der Waals surface area contributed by atoms with E-state index in [-0.39, 0.29) is 33.8 Å². The van der Waals surface area contributed by atoms with Crippen LogP contribution in [-0.4, -0.2) is 6.71 Å². The minimum absolute atomic E-state index is 0.0553. The zero-order valence-electron chi connectivity index (χ0n) is 39.2. The first-order chi connectivity index (χ1) is 29.2. The third-order valence-corrected chi connectivity index (χ3v) is 16.7. The van der Waals surface area contributed by atoms with Crippen molar-refractivity contribution in [1.82, 2.24) is 0 Å². The van der Waals surface area contributed by atoms with Crippen LogP contribution in [0, 0.1) is 6.92 Å². The van der Waals surface area contributed by atoms with Gasteiger partial charge in [-0.3, -0.25) is 0 Å². The Labute approximate surface area is 375 Å². The van der Waals surface area contributed by atoms with Crippen LogP contribution < -0.4 is 25.5 Å². The van der Waals surface area contributed by atoms with Crippen molar-refractivity contribution in [1.29, 1.82) is 0 Å². The number of aryl methyl sites for hydroxylation is 1. The van der Waals surface area contributed by atoms with Gasteiger partial charge in [0, 0.05) is 48.6 Å². The fraction of sp³-hybridized carbons (Fsp3) is 0.345. The summed E-state index contributed by atoms with van der Waals surface area (Å²) in [6.45, 7) is 31.2. The van der Waals surface area contributed by atoms with Crippen molar-refractivity contribution in [3.8, 4) is 11.1 Å². The normalized spacial score (nSPS) is 17.6. The number of hydrogen-bond acceptors (Lipinski definition) is 3. The molecule has 312 valence electrons. The smallest absolute Gasteiger partial charge is 0.264 e. The maximum atomic E-state index is 2.69. The summed E-state index contributed by atoms with van der Waals surface area (Å²) in [5.41, 5.74) is 23.2.